The molecule has 0 spiro atoms. The van der Waals surface area contributed by atoms with E-state index in [1.54, 1.807) is 0 Å². The molecule has 2 saturated heterocycles. The van der Waals surface area contributed by atoms with Crippen LogP contribution < -0.4 is 5.32 Å². The van der Waals surface area contributed by atoms with Gasteiger partial charge in [-0.1, -0.05) is 43.7 Å². The normalized spacial score (nSPS) is 31.5. The van der Waals surface area contributed by atoms with Crippen LogP contribution in [0.5, 0.6) is 0 Å². The highest BCUT2D eigenvalue weighted by atomic mass is 16.5. The molecule has 164 valence electrons. The molecule has 0 amide bonds. The number of nitrogens with one attached hydrogen (secondary N) is 1. The zero-order chi connectivity index (χ0) is 21.1. The molecule has 2 N–H and O–H groups in total. The number of hydrogen-bond acceptors (Lipinski definition) is 4. The highest BCUT2D eigenvalue weighted by Crippen LogP contribution is 2.38. The van der Waals surface area contributed by atoms with Crippen LogP contribution in [-0.4, -0.2) is 54.0 Å². The maximum atomic E-state index is 10.6. The van der Waals surface area contributed by atoms with E-state index in [0.29, 0.717) is 6.61 Å². The van der Waals surface area contributed by atoms with E-state index in [1.165, 1.54) is 43.5 Å². The van der Waals surface area contributed by atoms with Crippen molar-refractivity contribution in [3.63, 3.8) is 0 Å². The van der Waals surface area contributed by atoms with Gasteiger partial charge in [0.2, 0.25) is 0 Å². The molecule has 0 saturated carbocycles. The number of likely N-dealkylation sites (tertiary alicyclic amines) is 1. The van der Waals surface area contributed by atoms with E-state index in [9.17, 15) is 5.11 Å². The van der Waals surface area contributed by atoms with E-state index in [1.807, 2.05) is 26.1 Å². The fourth-order valence-corrected chi connectivity index (χ4v) is 5.14. The van der Waals surface area contributed by atoms with Crippen molar-refractivity contribution in [1.29, 1.82) is 0 Å². The van der Waals surface area contributed by atoms with Crippen molar-refractivity contribution < 1.29 is 9.84 Å². The summed E-state index contributed by atoms with van der Waals surface area (Å²) in [5, 5.41) is 14.1. The van der Waals surface area contributed by atoms with Gasteiger partial charge in [-0.25, -0.2) is 0 Å². The first-order valence-electron chi connectivity index (χ1n) is 11.8. The van der Waals surface area contributed by atoms with E-state index >= 15 is 0 Å². The van der Waals surface area contributed by atoms with Crippen molar-refractivity contribution >= 4 is 0 Å². The first-order valence-corrected chi connectivity index (χ1v) is 11.8. The van der Waals surface area contributed by atoms with Gasteiger partial charge < -0.3 is 20.1 Å². The molecule has 4 aliphatic rings. The Labute approximate surface area is 182 Å². The summed E-state index contributed by atoms with van der Waals surface area (Å²) >= 11 is 0. The summed E-state index contributed by atoms with van der Waals surface area (Å²) in [6, 6.07) is 0.194. The Kier molecular flexibility index (Phi) is 6.66. The van der Waals surface area contributed by atoms with Gasteiger partial charge in [-0.15, -0.1) is 0 Å². The smallest absolute Gasteiger partial charge is 0.0863 e. The molecule has 0 aromatic rings. The second kappa shape index (κ2) is 9.25. The van der Waals surface area contributed by atoms with Gasteiger partial charge >= 0.3 is 0 Å². The lowest BCUT2D eigenvalue weighted by molar-refractivity contribution is 0.0647. The number of fused-ring (bicyclic) bond motifs is 2. The van der Waals surface area contributed by atoms with Crippen LogP contribution in [0.2, 0.25) is 0 Å². The maximum absolute atomic E-state index is 10.6. The highest BCUT2D eigenvalue weighted by Gasteiger charge is 2.36. The Morgan fingerprint density at radius 3 is 2.83 bits per heavy atom. The van der Waals surface area contributed by atoms with Crippen molar-refractivity contribution in [1.82, 2.24) is 10.2 Å². The number of nitrogens with zero attached hydrogens (tertiary/aromatic N) is 1. The molecule has 3 atom stereocenters. The van der Waals surface area contributed by atoms with Gasteiger partial charge in [0.05, 0.1) is 24.4 Å². The predicted molar refractivity (Wildman–Crippen MR) is 123 cm³/mol. The molecule has 0 aromatic carbocycles. The van der Waals surface area contributed by atoms with Gasteiger partial charge in [0.15, 0.2) is 0 Å². The van der Waals surface area contributed by atoms with Gasteiger partial charge in [-0.2, -0.15) is 0 Å². The monoisotopic (exact) mass is 410 g/mol. The van der Waals surface area contributed by atoms with Gasteiger partial charge in [0, 0.05) is 12.5 Å². The summed E-state index contributed by atoms with van der Waals surface area (Å²) < 4.78 is 6.29. The standard InChI is InChI=1S/C26H38N2O2/c1-4-19-11-15-28(16-12-19)14-6-8-21-22-7-5-13-27-24(22)18-30-25-10-9-20(17-23(21)25)26(2,3)29/h5,7-10,13,17,19,23-25,27,29H,4,6,11-12,14-16,18H2,1-3H3/b21-8+. The second-order valence-corrected chi connectivity index (χ2v) is 9.71. The van der Waals surface area contributed by atoms with Crippen molar-refractivity contribution in [3.8, 4) is 0 Å². The zero-order valence-corrected chi connectivity index (χ0v) is 18.8. The summed E-state index contributed by atoms with van der Waals surface area (Å²) in [7, 11) is 0. The van der Waals surface area contributed by atoms with Crippen LogP contribution in [0.15, 0.2) is 59.4 Å². The number of aliphatic hydroxyl groups is 1. The molecular weight excluding hydrogens is 372 g/mol. The summed E-state index contributed by atoms with van der Waals surface area (Å²) in [6.45, 7) is 10.3. The topological polar surface area (TPSA) is 44.7 Å². The lowest BCUT2D eigenvalue weighted by Gasteiger charge is -2.32. The molecule has 4 heteroatoms. The third-order valence-corrected chi connectivity index (χ3v) is 7.17. The lowest BCUT2D eigenvalue weighted by Crippen LogP contribution is -2.34. The first-order chi connectivity index (χ1) is 14.5. The maximum Gasteiger partial charge on any atom is 0.0863 e. The van der Waals surface area contributed by atoms with Crippen molar-refractivity contribution in [2.45, 2.75) is 64.2 Å². The van der Waals surface area contributed by atoms with E-state index in [0.717, 1.165) is 24.5 Å². The minimum Gasteiger partial charge on any atom is -0.386 e. The average Bonchev–Trinajstić information content (AvgIpc) is 2.90. The first kappa shape index (κ1) is 21.6. The Morgan fingerprint density at radius 2 is 2.10 bits per heavy atom. The quantitative estimate of drug-likeness (QED) is 0.716. The van der Waals surface area contributed by atoms with Crippen LogP contribution >= 0.6 is 0 Å². The SMILES string of the molecule is CCC1CCN(CC/C=C2\C3=CC=CNC3COC3C=CC(C(C)(C)O)=CC23)CC1. The number of hydrogen-bond donors (Lipinski definition) is 2. The van der Waals surface area contributed by atoms with Gasteiger partial charge in [-0.3, -0.25) is 0 Å². The average molecular weight is 411 g/mol. The Bertz CT molecular complexity index is 760. The minimum absolute atomic E-state index is 0.0240. The predicted octanol–water partition coefficient (Wildman–Crippen LogP) is 4.12. The number of rotatable bonds is 5. The summed E-state index contributed by atoms with van der Waals surface area (Å²) in [4.78, 5) is 2.62. The van der Waals surface area contributed by atoms with E-state index in [2.05, 4.69) is 47.5 Å². The highest BCUT2D eigenvalue weighted by molar-refractivity contribution is 5.48. The molecule has 1 aliphatic carbocycles. The summed E-state index contributed by atoms with van der Waals surface area (Å²) in [6.07, 6.45) is 20.3. The molecule has 3 heterocycles. The summed E-state index contributed by atoms with van der Waals surface area (Å²) in [5.74, 6) is 1.07. The van der Waals surface area contributed by atoms with Crippen molar-refractivity contribution in [2.75, 3.05) is 26.2 Å². The molecule has 4 nitrogen and oxygen atoms in total. The van der Waals surface area contributed by atoms with Crippen LogP contribution in [0.1, 0.15) is 46.5 Å². The van der Waals surface area contributed by atoms with Crippen molar-refractivity contribution in [3.05, 3.63) is 59.4 Å². The molecule has 30 heavy (non-hydrogen) atoms. The molecule has 0 bridgehead atoms. The Morgan fingerprint density at radius 1 is 1.30 bits per heavy atom. The fourth-order valence-electron chi connectivity index (χ4n) is 5.14. The largest absolute Gasteiger partial charge is 0.386 e. The van der Waals surface area contributed by atoms with E-state index < -0.39 is 5.60 Å². The third-order valence-electron chi connectivity index (χ3n) is 7.17. The second-order valence-electron chi connectivity index (χ2n) is 9.71. The number of piperidine rings is 1. The van der Waals surface area contributed by atoms with Crippen LogP contribution in [0, 0.1) is 11.8 Å². The van der Waals surface area contributed by atoms with E-state index in [-0.39, 0.29) is 18.1 Å². The molecule has 2 fully saturated rings. The Balaban J connectivity index is 1.55. The van der Waals surface area contributed by atoms with Gasteiger partial charge in [0.25, 0.3) is 0 Å². The fraction of sp³-hybridized carbons (Fsp3) is 0.615. The molecule has 4 rings (SSSR count). The van der Waals surface area contributed by atoms with E-state index in [4.69, 9.17) is 4.74 Å². The lowest BCUT2D eigenvalue weighted by atomic mass is 9.79. The molecule has 0 aromatic heterocycles. The molecule has 3 aliphatic heterocycles. The summed E-state index contributed by atoms with van der Waals surface area (Å²) in [5.41, 5.74) is 2.81. The van der Waals surface area contributed by atoms with Crippen molar-refractivity contribution in [2.24, 2.45) is 11.8 Å². The molecular formula is C26H38N2O2. The number of allylic oxidation sites excluding steroid dienone is 2. The van der Waals surface area contributed by atoms with Gasteiger partial charge in [0.1, 0.15) is 0 Å². The van der Waals surface area contributed by atoms with Crippen LogP contribution in [0.3, 0.4) is 0 Å². The number of ether oxygens (including phenoxy) is 1. The minimum atomic E-state index is -0.846. The van der Waals surface area contributed by atoms with Crippen LogP contribution in [-0.2, 0) is 4.74 Å². The van der Waals surface area contributed by atoms with Gasteiger partial charge in [-0.05, 0) is 81.1 Å². The third kappa shape index (κ3) is 4.82. The van der Waals surface area contributed by atoms with Crippen LogP contribution in [0.4, 0.5) is 0 Å². The Hall–Kier alpha value is -1.62. The molecule has 3 unspecified atom stereocenters. The molecule has 0 radical (unpaired) electrons. The number of dihydropyridines is 1. The van der Waals surface area contributed by atoms with Crippen LogP contribution in [0.25, 0.3) is 0 Å². The zero-order valence-electron chi connectivity index (χ0n) is 18.8.